The highest BCUT2D eigenvalue weighted by Gasteiger charge is 2.21. The van der Waals surface area contributed by atoms with Crippen molar-refractivity contribution in [1.82, 2.24) is 0 Å². The molecule has 0 atom stereocenters. The smallest absolute Gasteiger partial charge is 0.183 e. The average Bonchev–Trinajstić information content (AvgIpc) is 1.84. The minimum Gasteiger partial charge on any atom is -0.362 e. The Morgan fingerprint density at radius 3 is 2.43 bits per heavy atom. The van der Waals surface area contributed by atoms with Crippen LogP contribution in [0, 0.1) is 6.08 Å². The van der Waals surface area contributed by atoms with Gasteiger partial charge in [0, 0.05) is 6.42 Å². The van der Waals surface area contributed by atoms with Gasteiger partial charge in [0.25, 0.3) is 0 Å². The zero-order valence-corrected chi connectivity index (χ0v) is 3.89. The molecule has 39 valence electrons. The van der Waals surface area contributed by atoms with Crippen LogP contribution in [0.4, 0.5) is 0 Å². The van der Waals surface area contributed by atoms with Crippen molar-refractivity contribution in [2.75, 3.05) is 0 Å². The quantitative estimate of drug-likeness (QED) is 0.413. The summed E-state index contributed by atoms with van der Waals surface area (Å²) in [6.07, 6.45) is 5.03. The van der Waals surface area contributed by atoms with Crippen molar-refractivity contribution < 1.29 is 10.2 Å². The molecule has 1 aliphatic rings. The zero-order chi connectivity index (χ0) is 5.33. The summed E-state index contributed by atoms with van der Waals surface area (Å²) in [6.45, 7) is 0. The third-order valence-electron chi connectivity index (χ3n) is 0.971. The Kier molecular flexibility index (Phi) is 0.905. The van der Waals surface area contributed by atoms with Crippen LogP contribution in [-0.2, 0) is 0 Å². The van der Waals surface area contributed by atoms with Crippen molar-refractivity contribution in [2.45, 2.75) is 18.6 Å². The molecule has 0 amide bonds. The molecule has 2 N–H and O–H groups in total. The van der Waals surface area contributed by atoms with Crippen molar-refractivity contribution in [3.8, 4) is 0 Å². The first-order chi connectivity index (χ1) is 3.21. The van der Waals surface area contributed by atoms with Crippen molar-refractivity contribution >= 4 is 0 Å². The summed E-state index contributed by atoms with van der Waals surface area (Å²) in [6, 6.07) is 0. The molecule has 2 heteroatoms. The fraction of sp³-hybridized carbons (Fsp3) is 0.600. The summed E-state index contributed by atoms with van der Waals surface area (Å²) in [5.41, 5.74) is 0. The normalized spacial score (nSPS) is 26.0. The van der Waals surface area contributed by atoms with E-state index in [-0.39, 0.29) is 0 Å². The van der Waals surface area contributed by atoms with Gasteiger partial charge in [-0.05, 0) is 18.6 Å². The summed E-state index contributed by atoms with van der Waals surface area (Å²) < 4.78 is 0. The summed E-state index contributed by atoms with van der Waals surface area (Å²) in [7, 11) is 0. The molecule has 0 aromatic heterocycles. The Morgan fingerprint density at radius 1 is 1.57 bits per heavy atom. The predicted octanol–water partition coefficient (Wildman–Crippen LogP) is -0.180. The summed E-state index contributed by atoms with van der Waals surface area (Å²) in [4.78, 5) is 0. The first-order valence-electron chi connectivity index (χ1n) is 2.23. The molecule has 0 heterocycles. The van der Waals surface area contributed by atoms with Gasteiger partial charge in [-0.3, -0.25) is 0 Å². The molecule has 0 aliphatic heterocycles. The monoisotopic (exact) mass is 99.0 g/mol. The van der Waals surface area contributed by atoms with Gasteiger partial charge in [0.1, 0.15) is 0 Å². The Bertz CT molecular complexity index is 94.3. The van der Waals surface area contributed by atoms with E-state index < -0.39 is 5.79 Å². The number of hydrogen-bond donors (Lipinski definition) is 2. The van der Waals surface area contributed by atoms with E-state index in [4.69, 9.17) is 10.2 Å². The molecule has 0 unspecified atom stereocenters. The first-order valence-corrected chi connectivity index (χ1v) is 2.23. The van der Waals surface area contributed by atoms with Crippen LogP contribution < -0.4 is 0 Å². The molecular weight excluding hydrogens is 92.1 g/mol. The van der Waals surface area contributed by atoms with Crippen LogP contribution >= 0.6 is 0 Å². The van der Waals surface area contributed by atoms with Crippen molar-refractivity contribution in [3.05, 3.63) is 12.2 Å². The molecule has 1 rings (SSSR count). The van der Waals surface area contributed by atoms with Crippen molar-refractivity contribution in [3.63, 3.8) is 0 Å². The van der Waals surface area contributed by atoms with Crippen molar-refractivity contribution in [1.29, 1.82) is 0 Å². The molecule has 7 heavy (non-hydrogen) atoms. The fourth-order valence-electron chi connectivity index (χ4n) is 0.564. The van der Waals surface area contributed by atoms with Crippen LogP contribution in [0.25, 0.3) is 0 Å². The summed E-state index contributed by atoms with van der Waals surface area (Å²) >= 11 is 0. The molecule has 0 spiro atoms. The average molecular weight is 99.1 g/mol. The predicted molar refractivity (Wildman–Crippen MR) is 24.2 cm³/mol. The first kappa shape index (κ1) is 4.81. The molecule has 1 aliphatic carbocycles. The number of aliphatic hydroxyl groups is 2. The second-order valence-corrected chi connectivity index (χ2v) is 1.73. The van der Waals surface area contributed by atoms with Gasteiger partial charge in [0.05, 0.1) is 0 Å². The third-order valence-corrected chi connectivity index (χ3v) is 0.971. The highest BCUT2D eigenvalue weighted by atomic mass is 16.5. The van der Waals surface area contributed by atoms with Crippen LogP contribution in [0.1, 0.15) is 12.8 Å². The van der Waals surface area contributed by atoms with Gasteiger partial charge in [-0.1, -0.05) is 0 Å². The Hall–Kier alpha value is -0.340. The van der Waals surface area contributed by atoms with Gasteiger partial charge in [-0.2, -0.15) is 0 Å². The molecule has 0 bridgehead atoms. The van der Waals surface area contributed by atoms with E-state index in [1.54, 1.807) is 0 Å². The summed E-state index contributed by atoms with van der Waals surface area (Å²) in [5, 5.41) is 17.3. The SMILES string of the molecule is OC1(O)C=[C]CC1. The van der Waals surface area contributed by atoms with E-state index in [1.807, 2.05) is 0 Å². The Morgan fingerprint density at radius 2 is 2.29 bits per heavy atom. The lowest BCUT2D eigenvalue weighted by Gasteiger charge is -2.08. The Balaban J connectivity index is 2.57. The van der Waals surface area contributed by atoms with Gasteiger partial charge in [-0.15, -0.1) is 0 Å². The number of hydrogen-bond acceptors (Lipinski definition) is 2. The van der Waals surface area contributed by atoms with Gasteiger partial charge < -0.3 is 10.2 Å². The molecule has 2 nitrogen and oxygen atoms in total. The zero-order valence-electron chi connectivity index (χ0n) is 3.89. The summed E-state index contributed by atoms with van der Waals surface area (Å²) in [5.74, 6) is -1.54. The van der Waals surface area contributed by atoms with Crippen LogP contribution in [0.15, 0.2) is 6.08 Å². The molecule has 0 saturated carbocycles. The second kappa shape index (κ2) is 1.32. The van der Waals surface area contributed by atoms with Crippen LogP contribution in [0.2, 0.25) is 0 Å². The highest BCUT2D eigenvalue weighted by molar-refractivity contribution is 4.95. The third kappa shape index (κ3) is 1.01. The van der Waals surface area contributed by atoms with Crippen LogP contribution in [0.3, 0.4) is 0 Å². The Labute approximate surface area is 42.1 Å². The van der Waals surface area contributed by atoms with E-state index in [2.05, 4.69) is 6.08 Å². The minimum atomic E-state index is -1.54. The van der Waals surface area contributed by atoms with Gasteiger partial charge in [0.15, 0.2) is 5.79 Å². The maximum atomic E-state index is 8.63. The van der Waals surface area contributed by atoms with E-state index >= 15 is 0 Å². The maximum absolute atomic E-state index is 8.63. The van der Waals surface area contributed by atoms with E-state index in [0.717, 1.165) is 0 Å². The lowest BCUT2D eigenvalue weighted by Crippen LogP contribution is -2.20. The number of allylic oxidation sites excluding steroid dienone is 1. The molecular formula is C5H7O2. The van der Waals surface area contributed by atoms with Gasteiger partial charge in [0.2, 0.25) is 0 Å². The van der Waals surface area contributed by atoms with Crippen molar-refractivity contribution in [2.24, 2.45) is 0 Å². The lowest BCUT2D eigenvalue weighted by molar-refractivity contribution is -0.116. The highest BCUT2D eigenvalue weighted by Crippen LogP contribution is 2.16. The fourth-order valence-corrected chi connectivity index (χ4v) is 0.564. The standard InChI is InChI=1S/C5H7O2/c6-5(7)3-1-2-4-5/h4,6-7H,1,3H2. The second-order valence-electron chi connectivity index (χ2n) is 1.73. The van der Waals surface area contributed by atoms with E-state index in [9.17, 15) is 0 Å². The number of rotatable bonds is 0. The van der Waals surface area contributed by atoms with Gasteiger partial charge in [-0.25, -0.2) is 0 Å². The molecule has 0 aromatic rings. The lowest BCUT2D eigenvalue weighted by atomic mass is 10.3. The molecule has 0 aromatic carbocycles. The topological polar surface area (TPSA) is 40.5 Å². The van der Waals surface area contributed by atoms with Gasteiger partial charge >= 0.3 is 0 Å². The van der Waals surface area contributed by atoms with E-state index in [0.29, 0.717) is 12.8 Å². The minimum absolute atomic E-state index is 0.396. The molecule has 1 radical (unpaired) electrons. The largest absolute Gasteiger partial charge is 0.362 e. The molecule has 0 fully saturated rings. The van der Waals surface area contributed by atoms with Crippen LogP contribution in [-0.4, -0.2) is 16.0 Å². The van der Waals surface area contributed by atoms with Crippen LogP contribution in [0.5, 0.6) is 0 Å². The van der Waals surface area contributed by atoms with E-state index in [1.165, 1.54) is 6.08 Å². The maximum Gasteiger partial charge on any atom is 0.183 e. The molecule has 0 saturated heterocycles.